The monoisotopic (exact) mass is 362 g/mol. The van der Waals surface area contributed by atoms with Crippen LogP contribution in [0.15, 0.2) is 47.7 Å². The van der Waals surface area contributed by atoms with Gasteiger partial charge in [0.2, 0.25) is 0 Å². The predicted octanol–water partition coefficient (Wildman–Crippen LogP) is 1.58. The highest BCUT2D eigenvalue weighted by Gasteiger charge is 2.29. The smallest absolute Gasteiger partial charge is 0.266 e. The second-order valence-corrected chi connectivity index (χ2v) is 7.48. The summed E-state index contributed by atoms with van der Waals surface area (Å²) in [5.41, 5.74) is 4.43. The molecular weight excluding hydrogens is 340 g/mol. The summed E-state index contributed by atoms with van der Waals surface area (Å²) in [5.74, 6) is 0.461. The van der Waals surface area contributed by atoms with Crippen LogP contribution in [0.2, 0.25) is 0 Å². The van der Waals surface area contributed by atoms with Crippen molar-refractivity contribution < 1.29 is 0 Å². The Bertz CT molecular complexity index is 1000. The van der Waals surface area contributed by atoms with E-state index in [1.807, 2.05) is 18.3 Å². The van der Waals surface area contributed by atoms with Crippen molar-refractivity contribution in [2.75, 3.05) is 13.1 Å². The van der Waals surface area contributed by atoms with Crippen LogP contribution < -0.4 is 5.56 Å². The fourth-order valence-electron chi connectivity index (χ4n) is 4.11. The number of hydrogen-bond donors (Lipinski definition) is 0. The topological polar surface area (TPSA) is 68.8 Å². The molecule has 0 saturated carbocycles. The third-order valence-electron chi connectivity index (χ3n) is 5.50. The molecule has 0 aromatic carbocycles. The summed E-state index contributed by atoms with van der Waals surface area (Å²) in [7, 11) is 0. The lowest BCUT2D eigenvalue weighted by Crippen LogP contribution is -2.48. The first kappa shape index (κ1) is 16.4. The lowest BCUT2D eigenvalue weighted by atomic mass is 9.99. The molecule has 138 valence electrons. The third kappa shape index (κ3) is 3.19. The minimum atomic E-state index is -0.0458. The fourth-order valence-corrected chi connectivity index (χ4v) is 4.11. The van der Waals surface area contributed by atoms with Crippen LogP contribution >= 0.6 is 0 Å². The molecule has 1 fully saturated rings. The Morgan fingerprint density at radius 2 is 2.07 bits per heavy atom. The standard InChI is InChI=1S/C20H22N6O/c27-20-6-5-18(16-3-1-7-21-9-16)23-26(20)13-15-11-24(12-15)14-17-10-22-25-8-2-4-19(17)25/h1,3,5-7,9-10,15H,2,4,8,11-14H2. The molecule has 7 nitrogen and oxygen atoms in total. The minimum absolute atomic E-state index is 0.0458. The Balaban J connectivity index is 1.23. The molecule has 2 aliphatic rings. The molecule has 7 heteroatoms. The number of aryl methyl sites for hydroxylation is 1. The Kier molecular flexibility index (Phi) is 4.09. The van der Waals surface area contributed by atoms with Crippen molar-refractivity contribution in [3.63, 3.8) is 0 Å². The third-order valence-corrected chi connectivity index (χ3v) is 5.50. The SMILES string of the molecule is O=c1ccc(-c2cccnc2)nn1CC1CN(Cc2cnn3c2CCC3)C1. The van der Waals surface area contributed by atoms with Gasteiger partial charge in [0.05, 0.1) is 18.4 Å². The van der Waals surface area contributed by atoms with Crippen LogP contribution in [0.5, 0.6) is 0 Å². The number of pyridine rings is 1. The number of aromatic nitrogens is 5. The van der Waals surface area contributed by atoms with Crippen molar-refractivity contribution >= 4 is 0 Å². The van der Waals surface area contributed by atoms with Gasteiger partial charge in [-0.3, -0.25) is 19.4 Å². The molecule has 0 spiro atoms. The van der Waals surface area contributed by atoms with E-state index in [4.69, 9.17) is 0 Å². The van der Waals surface area contributed by atoms with Gasteiger partial charge >= 0.3 is 0 Å². The minimum Gasteiger partial charge on any atom is -0.298 e. The van der Waals surface area contributed by atoms with E-state index in [-0.39, 0.29) is 5.56 Å². The molecule has 1 saturated heterocycles. The number of fused-ring (bicyclic) bond motifs is 1. The van der Waals surface area contributed by atoms with E-state index < -0.39 is 0 Å². The number of rotatable bonds is 5. The second kappa shape index (κ2) is 6.74. The van der Waals surface area contributed by atoms with Crippen LogP contribution in [0, 0.1) is 5.92 Å². The molecule has 3 aromatic rings. The zero-order chi connectivity index (χ0) is 18.2. The van der Waals surface area contributed by atoms with Crippen LogP contribution in [-0.4, -0.2) is 42.5 Å². The summed E-state index contributed by atoms with van der Waals surface area (Å²) in [6.07, 6.45) is 7.88. The van der Waals surface area contributed by atoms with E-state index in [1.54, 1.807) is 29.2 Å². The van der Waals surface area contributed by atoms with Gasteiger partial charge in [-0.05, 0) is 31.0 Å². The first-order chi connectivity index (χ1) is 13.3. The zero-order valence-corrected chi connectivity index (χ0v) is 15.2. The summed E-state index contributed by atoms with van der Waals surface area (Å²) < 4.78 is 3.74. The molecule has 5 heterocycles. The quantitative estimate of drug-likeness (QED) is 0.689. The van der Waals surface area contributed by atoms with E-state index in [1.165, 1.54) is 17.7 Å². The van der Waals surface area contributed by atoms with Gasteiger partial charge in [-0.25, -0.2) is 4.68 Å². The summed E-state index contributed by atoms with van der Waals surface area (Å²) in [6.45, 7) is 4.67. The molecule has 0 atom stereocenters. The normalized spacial score (nSPS) is 17.0. The molecule has 0 unspecified atom stereocenters. The van der Waals surface area contributed by atoms with E-state index >= 15 is 0 Å². The Morgan fingerprint density at radius 3 is 2.93 bits per heavy atom. The average molecular weight is 362 g/mol. The van der Waals surface area contributed by atoms with Crippen LogP contribution in [0.3, 0.4) is 0 Å². The van der Waals surface area contributed by atoms with E-state index in [9.17, 15) is 4.79 Å². The van der Waals surface area contributed by atoms with Gasteiger partial charge in [-0.15, -0.1) is 0 Å². The Morgan fingerprint density at radius 1 is 1.15 bits per heavy atom. The molecule has 5 rings (SSSR count). The number of likely N-dealkylation sites (tertiary alicyclic amines) is 1. The summed E-state index contributed by atoms with van der Waals surface area (Å²) in [6, 6.07) is 7.20. The Labute approximate surface area is 157 Å². The summed E-state index contributed by atoms with van der Waals surface area (Å²) in [4.78, 5) is 18.8. The molecule has 2 aliphatic heterocycles. The van der Waals surface area contributed by atoms with Crippen molar-refractivity contribution in [2.45, 2.75) is 32.5 Å². The van der Waals surface area contributed by atoms with Gasteiger partial charge < -0.3 is 0 Å². The van der Waals surface area contributed by atoms with Gasteiger partial charge in [0.1, 0.15) is 0 Å². The molecular formula is C20H22N6O. The Hall–Kier alpha value is -2.80. The van der Waals surface area contributed by atoms with Crippen LogP contribution in [0.4, 0.5) is 0 Å². The molecule has 0 aliphatic carbocycles. The molecule has 3 aromatic heterocycles. The highest BCUT2D eigenvalue weighted by atomic mass is 16.1. The van der Waals surface area contributed by atoms with Gasteiger partial charge in [0.15, 0.2) is 0 Å². The maximum Gasteiger partial charge on any atom is 0.266 e. The lowest BCUT2D eigenvalue weighted by molar-refractivity contribution is 0.0765. The van der Waals surface area contributed by atoms with Crippen molar-refractivity contribution in [3.8, 4) is 11.3 Å². The van der Waals surface area contributed by atoms with Crippen molar-refractivity contribution in [2.24, 2.45) is 5.92 Å². The lowest BCUT2D eigenvalue weighted by Gasteiger charge is -2.39. The maximum atomic E-state index is 12.2. The maximum absolute atomic E-state index is 12.2. The average Bonchev–Trinajstić information content (AvgIpc) is 3.27. The molecule has 0 bridgehead atoms. The van der Waals surface area contributed by atoms with Crippen LogP contribution in [-0.2, 0) is 26.1 Å². The first-order valence-corrected chi connectivity index (χ1v) is 9.51. The van der Waals surface area contributed by atoms with Gasteiger partial charge in [-0.1, -0.05) is 0 Å². The van der Waals surface area contributed by atoms with Gasteiger partial charge in [0.25, 0.3) is 5.56 Å². The highest BCUT2D eigenvalue weighted by molar-refractivity contribution is 5.56. The molecule has 27 heavy (non-hydrogen) atoms. The van der Waals surface area contributed by atoms with Crippen molar-refractivity contribution in [1.29, 1.82) is 0 Å². The highest BCUT2D eigenvalue weighted by Crippen LogP contribution is 2.24. The zero-order valence-electron chi connectivity index (χ0n) is 15.2. The van der Waals surface area contributed by atoms with Crippen molar-refractivity contribution in [3.05, 3.63) is 64.5 Å². The number of hydrogen-bond acceptors (Lipinski definition) is 5. The van der Waals surface area contributed by atoms with Crippen LogP contribution in [0.1, 0.15) is 17.7 Å². The second-order valence-electron chi connectivity index (χ2n) is 7.48. The van der Waals surface area contributed by atoms with E-state index in [0.29, 0.717) is 12.5 Å². The molecule has 0 N–H and O–H groups in total. The van der Waals surface area contributed by atoms with Crippen molar-refractivity contribution in [1.82, 2.24) is 29.4 Å². The summed E-state index contributed by atoms with van der Waals surface area (Å²) >= 11 is 0. The van der Waals surface area contributed by atoms with Crippen LogP contribution in [0.25, 0.3) is 11.3 Å². The van der Waals surface area contributed by atoms with E-state index in [0.717, 1.165) is 43.9 Å². The number of nitrogens with zero attached hydrogens (tertiary/aromatic N) is 6. The van der Waals surface area contributed by atoms with E-state index in [2.05, 4.69) is 24.8 Å². The molecule has 0 radical (unpaired) electrons. The largest absolute Gasteiger partial charge is 0.298 e. The molecule has 0 amide bonds. The fraction of sp³-hybridized carbons (Fsp3) is 0.400. The van der Waals surface area contributed by atoms with Gasteiger partial charge in [0, 0.05) is 67.4 Å². The first-order valence-electron chi connectivity index (χ1n) is 9.51. The predicted molar refractivity (Wildman–Crippen MR) is 101 cm³/mol. The summed E-state index contributed by atoms with van der Waals surface area (Å²) in [5, 5.41) is 9.02. The van der Waals surface area contributed by atoms with Gasteiger partial charge in [-0.2, -0.15) is 10.2 Å².